The lowest BCUT2D eigenvalue weighted by molar-refractivity contribution is -0.129. The van der Waals surface area contributed by atoms with E-state index in [1.807, 2.05) is 31.3 Å². The molecule has 0 bridgehead atoms. The first kappa shape index (κ1) is 15.4. The quantitative estimate of drug-likeness (QED) is 0.782. The van der Waals surface area contributed by atoms with E-state index in [0.29, 0.717) is 19.6 Å². The molecule has 1 atom stereocenters. The maximum atomic E-state index is 12.3. The number of amides is 2. The minimum atomic E-state index is -0.423. The highest BCUT2D eigenvalue weighted by Gasteiger charge is 2.24. The lowest BCUT2D eigenvalue weighted by atomic mass is 10.1. The van der Waals surface area contributed by atoms with Crippen LogP contribution in [0, 0.1) is 0 Å². The zero-order chi connectivity index (χ0) is 16.2. The average Bonchev–Trinajstić information content (AvgIpc) is 2.94. The van der Waals surface area contributed by atoms with Gasteiger partial charge in [-0.1, -0.05) is 6.07 Å². The number of hydrogen-bond acceptors (Lipinski definition) is 3. The number of aromatic amines is 1. The summed E-state index contributed by atoms with van der Waals surface area (Å²) in [6, 6.07) is 5.34. The van der Waals surface area contributed by atoms with Crippen molar-refractivity contribution < 1.29 is 14.3 Å². The maximum absolute atomic E-state index is 12.3. The largest absolute Gasteiger partial charge is 0.493 e. The van der Waals surface area contributed by atoms with E-state index in [2.05, 4.69) is 15.6 Å². The standard InChI is InChI=1S/C17H21N3O3/c1-2-23-14-7-3-5-12-16(14)11(10-19-12)9-15(21)20-13-6-4-8-18-17(13)22/h3,5,7,10,13,19H,2,4,6,8-9H2,1H3,(H,18,22)(H,20,21)/t13-/m0/s1. The molecule has 0 radical (unpaired) electrons. The average molecular weight is 315 g/mol. The van der Waals surface area contributed by atoms with Gasteiger partial charge >= 0.3 is 0 Å². The third-order valence-electron chi connectivity index (χ3n) is 4.02. The lowest BCUT2D eigenvalue weighted by Crippen LogP contribution is -2.50. The van der Waals surface area contributed by atoms with Crippen molar-refractivity contribution >= 4 is 22.7 Å². The molecule has 2 heterocycles. The second-order valence-corrected chi connectivity index (χ2v) is 5.66. The molecule has 1 fully saturated rings. The number of fused-ring (bicyclic) bond motifs is 1. The fourth-order valence-corrected chi connectivity index (χ4v) is 2.96. The Labute approximate surface area is 134 Å². The molecule has 6 heteroatoms. The van der Waals surface area contributed by atoms with E-state index in [-0.39, 0.29) is 18.2 Å². The molecule has 3 rings (SSSR count). The van der Waals surface area contributed by atoms with Gasteiger partial charge in [-0.25, -0.2) is 0 Å². The first-order valence-electron chi connectivity index (χ1n) is 7.98. The molecule has 0 saturated carbocycles. The van der Waals surface area contributed by atoms with Crippen molar-refractivity contribution in [1.29, 1.82) is 0 Å². The van der Waals surface area contributed by atoms with Gasteiger partial charge in [0.2, 0.25) is 11.8 Å². The van der Waals surface area contributed by atoms with E-state index in [4.69, 9.17) is 4.74 Å². The number of carbonyl (C=O) groups is 2. The molecular weight excluding hydrogens is 294 g/mol. The Kier molecular flexibility index (Phi) is 4.50. The summed E-state index contributed by atoms with van der Waals surface area (Å²) in [6.07, 6.45) is 3.62. The van der Waals surface area contributed by atoms with Gasteiger partial charge in [0.15, 0.2) is 0 Å². The summed E-state index contributed by atoms with van der Waals surface area (Å²) in [5, 5.41) is 6.52. The summed E-state index contributed by atoms with van der Waals surface area (Å²) < 4.78 is 5.65. The normalized spacial score (nSPS) is 17.8. The SMILES string of the molecule is CCOc1cccc2[nH]cc(CC(=O)N[C@H]3CCCNC3=O)c12. The summed E-state index contributed by atoms with van der Waals surface area (Å²) in [6.45, 7) is 3.18. The van der Waals surface area contributed by atoms with Crippen LogP contribution in [0.25, 0.3) is 10.9 Å². The van der Waals surface area contributed by atoms with Crippen LogP contribution in [0.5, 0.6) is 5.75 Å². The summed E-state index contributed by atoms with van der Waals surface area (Å²) in [7, 11) is 0. The van der Waals surface area contributed by atoms with Gasteiger partial charge in [-0.2, -0.15) is 0 Å². The van der Waals surface area contributed by atoms with Crippen LogP contribution in [0.1, 0.15) is 25.3 Å². The number of ether oxygens (including phenoxy) is 1. The smallest absolute Gasteiger partial charge is 0.242 e. The van der Waals surface area contributed by atoms with E-state index >= 15 is 0 Å². The topological polar surface area (TPSA) is 83.2 Å². The molecule has 1 aromatic carbocycles. The number of aromatic nitrogens is 1. The minimum absolute atomic E-state index is 0.0986. The van der Waals surface area contributed by atoms with Gasteiger partial charge in [0.05, 0.1) is 13.0 Å². The van der Waals surface area contributed by atoms with Crippen molar-refractivity contribution in [2.45, 2.75) is 32.2 Å². The zero-order valence-electron chi connectivity index (χ0n) is 13.1. The molecule has 0 spiro atoms. The van der Waals surface area contributed by atoms with Gasteiger partial charge in [-0.3, -0.25) is 9.59 Å². The van der Waals surface area contributed by atoms with Crippen LogP contribution in [0.3, 0.4) is 0 Å². The van der Waals surface area contributed by atoms with E-state index in [1.54, 1.807) is 0 Å². The Morgan fingerprint density at radius 1 is 1.43 bits per heavy atom. The van der Waals surface area contributed by atoms with Crippen molar-refractivity contribution in [3.63, 3.8) is 0 Å². The second-order valence-electron chi connectivity index (χ2n) is 5.66. The molecule has 3 N–H and O–H groups in total. The molecule has 1 aliphatic heterocycles. The molecule has 6 nitrogen and oxygen atoms in total. The maximum Gasteiger partial charge on any atom is 0.242 e. The fourth-order valence-electron chi connectivity index (χ4n) is 2.96. The number of H-pyrrole nitrogens is 1. The first-order valence-corrected chi connectivity index (χ1v) is 7.98. The van der Waals surface area contributed by atoms with Crippen LogP contribution in [-0.2, 0) is 16.0 Å². The van der Waals surface area contributed by atoms with E-state index in [0.717, 1.165) is 28.6 Å². The van der Waals surface area contributed by atoms with Gasteiger partial charge in [-0.15, -0.1) is 0 Å². The van der Waals surface area contributed by atoms with Crippen LogP contribution >= 0.6 is 0 Å². The summed E-state index contributed by atoms with van der Waals surface area (Å²) >= 11 is 0. The fraction of sp³-hybridized carbons (Fsp3) is 0.412. The Morgan fingerprint density at radius 3 is 3.09 bits per heavy atom. The van der Waals surface area contributed by atoms with Crippen LogP contribution in [0.15, 0.2) is 24.4 Å². The zero-order valence-corrected chi connectivity index (χ0v) is 13.1. The lowest BCUT2D eigenvalue weighted by Gasteiger charge is -2.22. The summed E-state index contributed by atoms with van der Waals surface area (Å²) in [5.41, 5.74) is 1.81. The van der Waals surface area contributed by atoms with Crippen molar-refractivity contribution in [1.82, 2.24) is 15.6 Å². The third-order valence-corrected chi connectivity index (χ3v) is 4.02. The molecule has 0 unspecified atom stereocenters. The van der Waals surface area contributed by atoms with Crippen LogP contribution in [0.4, 0.5) is 0 Å². The molecule has 2 amide bonds. The first-order chi connectivity index (χ1) is 11.2. The number of benzene rings is 1. The number of carbonyl (C=O) groups excluding carboxylic acids is 2. The predicted molar refractivity (Wildman–Crippen MR) is 87.3 cm³/mol. The molecular formula is C17H21N3O3. The van der Waals surface area contributed by atoms with Crippen LogP contribution < -0.4 is 15.4 Å². The minimum Gasteiger partial charge on any atom is -0.493 e. The van der Waals surface area contributed by atoms with E-state index in [9.17, 15) is 9.59 Å². The van der Waals surface area contributed by atoms with Gasteiger partial charge in [0, 0.05) is 23.6 Å². The molecule has 23 heavy (non-hydrogen) atoms. The van der Waals surface area contributed by atoms with Crippen molar-refractivity contribution in [3.8, 4) is 5.75 Å². The van der Waals surface area contributed by atoms with Gasteiger partial charge in [0.1, 0.15) is 11.8 Å². The Hall–Kier alpha value is -2.50. The molecule has 0 aliphatic carbocycles. The summed E-state index contributed by atoms with van der Waals surface area (Å²) in [4.78, 5) is 27.2. The Morgan fingerprint density at radius 2 is 2.30 bits per heavy atom. The molecule has 1 saturated heterocycles. The van der Waals surface area contributed by atoms with Crippen molar-refractivity contribution in [3.05, 3.63) is 30.0 Å². The van der Waals surface area contributed by atoms with Gasteiger partial charge < -0.3 is 20.4 Å². The molecule has 1 aliphatic rings. The predicted octanol–water partition coefficient (Wildman–Crippen LogP) is 1.50. The van der Waals surface area contributed by atoms with Gasteiger partial charge in [-0.05, 0) is 37.5 Å². The molecule has 1 aromatic heterocycles. The molecule has 2 aromatic rings. The highest BCUT2D eigenvalue weighted by Crippen LogP contribution is 2.29. The van der Waals surface area contributed by atoms with Crippen LogP contribution in [0.2, 0.25) is 0 Å². The number of nitrogens with one attached hydrogen (secondary N) is 3. The second kappa shape index (κ2) is 6.73. The van der Waals surface area contributed by atoms with Crippen LogP contribution in [-0.4, -0.2) is 36.0 Å². The Bertz CT molecular complexity index is 723. The highest BCUT2D eigenvalue weighted by atomic mass is 16.5. The molecule has 122 valence electrons. The Balaban J connectivity index is 1.75. The summed E-state index contributed by atoms with van der Waals surface area (Å²) in [5.74, 6) is 0.516. The van der Waals surface area contributed by atoms with Crippen molar-refractivity contribution in [2.75, 3.05) is 13.2 Å². The number of piperidine rings is 1. The third kappa shape index (κ3) is 3.31. The van der Waals surface area contributed by atoms with Gasteiger partial charge in [0.25, 0.3) is 0 Å². The van der Waals surface area contributed by atoms with E-state index < -0.39 is 6.04 Å². The van der Waals surface area contributed by atoms with Crippen molar-refractivity contribution in [2.24, 2.45) is 0 Å². The number of hydrogen-bond donors (Lipinski definition) is 3. The monoisotopic (exact) mass is 315 g/mol. The highest BCUT2D eigenvalue weighted by molar-refractivity contribution is 5.94. The van der Waals surface area contributed by atoms with E-state index in [1.165, 1.54) is 0 Å². The number of rotatable bonds is 5.